The first-order valence-corrected chi connectivity index (χ1v) is 6.35. The van der Waals surface area contributed by atoms with Crippen molar-refractivity contribution in [3.8, 4) is 0 Å². The van der Waals surface area contributed by atoms with E-state index in [1.807, 2.05) is 18.2 Å². The van der Waals surface area contributed by atoms with Crippen LogP contribution in [0.25, 0.3) is 0 Å². The lowest BCUT2D eigenvalue weighted by atomic mass is 10.0. The normalized spacial score (nSPS) is 24.1. The van der Waals surface area contributed by atoms with Crippen LogP contribution in [0, 0.1) is 0 Å². The first kappa shape index (κ1) is 12.7. The Balaban J connectivity index is 1.83. The summed E-state index contributed by atoms with van der Waals surface area (Å²) in [7, 11) is 0. The van der Waals surface area contributed by atoms with Crippen molar-refractivity contribution in [2.24, 2.45) is 0 Å². The van der Waals surface area contributed by atoms with Gasteiger partial charge in [-0.25, -0.2) is 0 Å². The number of benzene rings is 1. The Bertz CT molecular complexity index is 389. The Kier molecular flexibility index (Phi) is 3.92. The van der Waals surface area contributed by atoms with Gasteiger partial charge in [-0.05, 0) is 37.5 Å². The maximum Gasteiger partial charge on any atom is 0.0779 e. The highest BCUT2D eigenvalue weighted by atomic mass is 35.5. The molecule has 0 bridgehead atoms. The van der Waals surface area contributed by atoms with Gasteiger partial charge < -0.3 is 15.8 Å². The highest BCUT2D eigenvalue weighted by molar-refractivity contribution is 6.33. The van der Waals surface area contributed by atoms with Crippen LogP contribution in [-0.4, -0.2) is 18.8 Å². The summed E-state index contributed by atoms with van der Waals surface area (Å²) in [6.45, 7) is 4.70. The first-order valence-electron chi connectivity index (χ1n) is 5.98. The lowest BCUT2D eigenvalue weighted by molar-refractivity contribution is 0.0207. The van der Waals surface area contributed by atoms with Gasteiger partial charge in [-0.1, -0.05) is 17.7 Å². The largest absolute Gasteiger partial charge is 0.398 e. The van der Waals surface area contributed by atoms with Gasteiger partial charge in [0.1, 0.15) is 0 Å². The van der Waals surface area contributed by atoms with Crippen molar-refractivity contribution >= 4 is 17.3 Å². The van der Waals surface area contributed by atoms with E-state index in [-0.39, 0.29) is 5.60 Å². The number of anilines is 1. The molecule has 1 saturated heterocycles. The number of halogens is 1. The second kappa shape index (κ2) is 5.25. The minimum absolute atomic E-state index is 0.00238. The standard InChI is InChI=1S/C13H19ClN2O/c1-13(5-2-6-17-13)9-16-8-10-3-4-12(15)11(14)7-10/h3-4,7,16H,2,5-6,8-9,15H2,1H3. The second-order valence-electron chi connectivity index (χ2n) is 4.86. The molecule has 0 aliphatic carbocycles. The molecule has 0 aromatic heterocycles. The van der Waals surface area contributed by atoms with E-state index in [0.717, 1.165) is 38.1 Å². The number of nitrogens with one attached hydrogen (secondary N) is 1. The molecule has 1 atom stereocenters. The van der Waals surface area contributed by atoms with E-state index in [0.29, 0.717) is 10.7 Å². The van der Waals surface area contributed by atoms with Crippen molar-refractivity contribution < 1.29 is 4.74 Å². The lowest BCUT2D eigenvalue weighted by Crippen LogP contribution is -2.36. The van der Waals surface area contributed by atoms with Crippen LogP contribution in [0.2, 0.25) is 5.02 Å². The van der Waals surface area contributed by atoms with Crippen molar-refractivity contribution in [2.75, 3.05) is 18.9 Å². The molecule has 17 heavy (non-hydrogen) atoms. The van der Waals surface area contributed by atoms with Gasteiger partial charge in [0.2, 0.25) is 0 Å². The van der Waals surface area contributed by atoms with Crippen molar-refractivity contribution in [2.45, 2.75) is 31.9 Å². The van der Waals surface area contributed by atoms with E-state index in [2.05, 4.69) is 12.2 Å². The fourth-order valence-electron chi connectivity index (χ4n) is 2.13. The molecular formula is C13H19ClN2O. The third-order valence-electron chi connectivity index (χ3n) is 3.19. The van der Waals surface area contributed by atoms with Crippen molar-refractivity contribution in [1.29, 1.82) is 0 Å². The van der Waals surface area contributed by atoms with Crippen molar-refractivity contribution in [1.82, 2.24) is 5.32 Å². The Morgan fingerprint density at radius 3 is 3.00 bits per heavy atom. The lowest BCUT2D eigenvalue weighted by Gasteiger charge is -2.23. The predicted octanol–water partition coefficient (Wildman–Crippen LogP) is 2.58. The van der Waals surface area contributed by atoms with E-state index in [1.54, 1.807) is 0 Å². The van der Waals surface area contributed by atoms with Crippen LogP contribution in [0.5, 0.6) is 0 Å². The molecule has 2 rings (SSSR count). The third-order valence-corrected chi connectivity index (χ3v) is 3.52. The monoisotopic (exact) mass is 254 g/mol. The number of hydrogen-bond acceptors (Lipinski definition) is 3. The summed E-state index contributed by atoms with van der Waals surface area (Å²) in [5, 5.41) is 4.02. The topological polar surface area (TPSA) is 47.3 Å². The quantitative estimate of drug-likeness (QED) is 0.812. The van der Waals surface area contributed by atoms with Gasteiger partial charge in [0.25, 0.3) is 0 Å². The van der Waals surface area contributed by atoms with Crippen LogP contribution in [-0.2, 0) is 11.3 Å². The third kappa shape index (κ3) is 3.35. The van der Waals surface area contributed by atoms with Crippen LogP contribution in [0.3, 0.4) is 0 Å². The molecule has 3 N–H and O–H groups in total. The highest BCUT2D eigenvalue weighted by Crippen LogP contribution is 2.24. The number of hydrogen-bond donors (Lipinski definition) is 2. The van der Waals surface area contributed by atoms with Gasteiger partial charge in [-0.15, -0.1) is 0 Å². The summed E-state index contributed by atoms with van der Waals surface area (Å²) in [5.41, 5.74) is 7.43. The van der Waals surface area contributed by atoms with Gasteiger partial charge in [-0.2, -0.15) is 0 Å². The molecule has 0 spiro atoms. The van der Waals surface area contributed by atoms with Gasteiger partial charge in [-0.3, -0.25) is 0 Å². The number of ether oxygens (including phenoxy) is 1. The summed E-state index contributed by atoms with van der Waals surface area (Å²) in [6, 6.07) is 5.74. The second-order valence-corrected chi connectivity index (χ2v) is 5.27. The van der Waals surface area contributed by atoms with Gasteiger partial charge >= 0.3 is 0 Å². The Morgan fingerprint density at radius 1 is 1.53 bits per heavy atom. The molecule has 0 amide bonds. The van der Waals surface area contributed by atoms with Crippen molar-refractivity contribution in [3.05, 3.63) is 28.8 Å². The Hall–Kier alpha value is -0.770. The predicted molar refractivity (Wildman–Crippen MR) is 71.2 cm³/mol. The molecule has 3 nitrogen and oxygen atoms in total. The molecule has 0 saturated carbocycles. The zero-order valence-corrected chi connectivity index (χ0v) is 10.9. The summed E-state index contributed by atoms with van der Waals surface area (Å²) >= 11 is 5.97. The number of rotatable bonds is 4. The summed E-state index contributed by atoms with van der Waals surface area (Å²) in [5.74, 6) is 0. The van der Waals surface area contributed by atoms with E-state index in [9.17, 15) is 0 Å². The minimum Gasteiger partial charge on any atom is -0.398 e. The number of nitrogen functional groups attached to an aromatic ring is 1. The molecule has 94 valence electrons. The van der Waals surface area contributed by atoms with Gasteiger partial charge in [0.15, 0.2) is 0 Å². The zero-order valence-electron chi connectivity index (χ0n) is 10.1. The Morgan fingerprint density at radius 2 is 2.35 bits per heavy atom. The summed E-state index contributed by atoms with van der Waals surface area (Å²) < 4.78 is 5.71. The Labute approximate surface area is 107 Å². The molecule has 4 heteroatoms. The molecular weight excluding hydrogens is 236 g/mol. The fourth-order valence-corrected chi connectivity index (χ4v) is 2.33. The molecule has 1 aromatic rings. The first-order chi connectivity index (χ1) is 8.09. The van der Waals surface area contributed by atoms with Gasteiger partial charge in [0.05, 0.1) is 16.3 Å². The SMILES string of the molecule is CC1(CNCc2ccc(N)c(Cl)c2)CCCO1. The molecule has 1 aliphatic rings. The van der Waals surface area contributed by atoms with Crippen LogP contribution < -0.4 is 11.1 Å². The van der Waals surface area contributed by atoms with E-state index < -0.39 is 0 Å². The zero-order chi connectivity index (χ0) is 12.3. The molecule has 1 unspecified atom stereocenters. The van der Waals surface area contributed by atoms with E-state index in [1.165, 1.54) is 0 Å². The average molecular weight is 255 g/mol. The van der Waals surface area contributed by atoms with Crippen LogP contribution >= 0.6 is 11.6 Å². The highest BCUT2D eigenvalue weighted by Gasteiger charge is 2.28. The molecule has 1 heterocycles. The van der Waals surface area contributed by atoms with Crippen LogP contribution in [0.4, 0.5) is 5.69 Å². The molecule has 1 fully saturated rings. The summed E-state index contributed by atoms with van der Waals surface area (Å²) in [4.78, 5) is 0. The van der Waals surface area contributed by atoms with Crippen molar-refractivity contribution in [3.63, 3.8) is 0 Å². The van der Waals surface area contributed by atoms with Crippen LogP contribution in [0.15, 0.2) is 18.2 Å². The van der Waals surface area contributed by atoms with Gasteiger partial charge in [0, 0.05) is 19.7 Å². The average Bonchev–Trinajstić information content (AvgIpc) is 2.71. The smallest absolute Gasteiger partial charge is 0.0779 e. The summed E-state index contributed by atoms with van der Waals surface area (Å²) in [6.07, 6.45) is 2.29. The number of nitrogens with two attached hydrogens (primary N) is 1. The van der Waals surface area contributed by atoms with E-state index in [4.69, 9.17) is 22.1 Å². The maximum absolute atomic E-state index is 5.97. The van der Waals surface area contributed by atoms with Crippen LogP contribution in [0.1, 0.15) is 25.3 Å². The minimum atomic E-state index is -0.00238. The molecule has 1 aromatic carbocycles. The molecule has 0 radical (unpaired) electrons. The maximum atomic E-state index is 5.97. The van der Waals surface area contributed by atoms with E-state index >= 15 is 0 Å². The molecule has 1 aliphatic heterocycles. The fraction of sp³-hybridized carbons (Fsp3) is 0.538.